The van der Waals surface area contributed by atoms with E-state index in [-0.39, 0.29) is 5.97 Å². The number of carbonyl (C=O) groups excluding carboxylic acids is 1. The van der Waals surface area contributed by atoms with Gasteiger partial charge in [-0.1, -0.05) is 0 Å². The van der Waals surface area contributed by atoms with E-state index in [1.54, 1.807) is 24.7 Å². The van der Waals surface area contributed by atoms with Crippen LogP contribution >= 0.6 is 0 Å². The number of nitrogens with zero attached hydrogens (tertiary/aromatic N) is 3. The van der Waals surface area contributed by atoms with Crippen molar-refractivity contribution in [1.82, 2.24) is 14.8 Å². The summed E-state index contributed by atoms with van der Waals surface area (Å²) in [5.41, 5.74) is 8.40. The smallest absolute Gasteiger partial charge is 0.341 e. The third kappa shape index (κ3) is 2.42. The van der Waals surface area contributed by atoms with Gasteiger partial charge in [-0.25, -0.2) is 14.5 Å². The lowest BCUT2D eigenvalue weighted by atomic mass is 10.2. The van der Waals surface area contributed by atoms with Crippen LogP contribution in [0.2, 0.25) is 0 Å². The first kappa shape index (κ1) is 13.1. The van der Waals surface area contributed by atoms with Gasteiger partial charge in [-0.15, -0.1) is 0 Å². The van der Waals surface area contributed by atoms with Crippen molar-refractivity contribution < 1.29 is 9.53 Å². The molecule has 2 aromatic heterocycles. The molecule has 6 heteroatoms. The number of ether oxygens (including phenoxy) is 1. The van der Waals surface area contributed by atoms with Gasteiger partial charge >= 0.3 is 5.97 Å². The van der Waals surface area contributed by atoms with Crippen LogP contribution in [0.5, 0.6) is 0 Å². The minimum atomic E-state index is -0.376. The van der Waals surface area contributed by atoms with Gasteiger partial charge in [-0.05, 0) is 32.4 Å². The SMILES string of the molecule is CCOC(=O)c1cnn(-c2cc(C)c(N)cn2)c1C. The molecule has 0 fully saturated rings. The molecule has 0 radical (unpaired) electrons. The minimum Gasteiger partial charge on any atom is -0.462 e. The number of anilines is 1. The van der Waals surface area contributed by atoms with Crippen LogP contribution in [0.4, 0.5) is 5.69 Å². The fourth-order valence-electron chi connectivity index (χ4n) is 1.72. The Morgan fingerprint density at radius 1 is 1.42 bits per heavy atom. The summed E-state index contributed by atoms with van der Waals surface area (Å²) in [6.45, 7) is 5.80. The largest absolute Gasteiger partial charge is 0.462 e. The van der Waals surface area contributed by atoms with Crippen molar-refractivity contribution in [2.75, 3.05) is 12.3 Å². The van der Waals surface area contributed by atoms with Crippen LogP contribution in [0.15, 0.2) is 18.5 Å². The van der Waals surface area contributed by atoms with Crippen LogP contribution in [0.1, 0.15) is 28.5 Å². The van der Waals surface area contributed by atoms with Crippen LogP contribution in [0.25, 0.3) is 5.82 Å². The van der Waals surface area contributed by atoms with Gasteiger partial charge in [-0.3, -0.25) is 0 Å². The van der Waals surface area contributed by atoms with Crippen molar-refractivity contribution in [3.05, 3.63) is 35.3 Å². The van der Waals surface area contributed by atoms with E-state index in [0.717, 1.165) is 5.56 Å². The summed E-state index contributed by atoms with van der Waals surface area (Å²) < 4.78 is 6.56. The molecule has 2 aromatic rings. The van der Waals surface area contributed by atoms with Crippen molar-refractivity contribution in [1.29, 1.82) is 0 Å². The average molecular weight is 260 g/mol. The summed E-state index contributed by atoms with van der Waals surface area (Å²) in [5, 5.41) is 4.17. The lowest BCUT2D eigenvalue weighted by Gasteiger charge is -2.06. The number of nitrogen functional groups attached to an aromatic ring is 1. The summed E-state index contributed by atoms with van der Waals surface area (Å²) in [4.78, 5) is 15.9. The summed E-state index contributed by atoms with van der Waals surface area (Å²) >= 11 is 0. The summed E-state index contributed by atoms with van der Waals surface area (Å²) in [6.07, 6.45) is 3.07. The maximum atomic E-state index is 11.7. The molecule has 6 nitrogen and oxygen atoms in total. The van der Waals surface area contributed by atoms with Crippen molar-refractivity contribution in [2.24, 2.45) is 0 Å². The zero-order chi connectivity index (χ0) is 14.0. The van der Waals surface area contributed by atoms with Crippen molar-refractivity contribution in [2.45, 2.75) is 20.8 Å². The highest BCUT2D eigenvalue weighted by atomic mass is 16.5. The molecule has 0 atom stereocenters. The fourth-order valence-corrected chi connectivity index (χ4v) is 1.72. The number of aromatic nitrogens is 3. The molecule has 0 aliphatic rings. The van der Waals surface area contributed by atoms with Crippen LogP contribution < -0.4 is 5.73 Å². The first-order valence-corrected chi connectivity index (χ1v) is 5.98. The van der Waals surface area contributed by atoms with E-state index in [2.05, 4.69) is 10.1 Å². The Kier molecular flexibility index (Phi) is 3.50. The molecule has 2 N–H and O–H groups in total. The second-order valence-corrected chi connectivity index (χ2v) is 4.18. The Morgan fingerprint density at radius 2 is 2.16 bits per heavy atom. The lowest BCUT2D eigenvalue weighted by Crippen LogP contribution is -2.08. The normalized spacial score (nSPS) is 10.5. The third-order valence-electron chi connectivity index (χ3n) is 2.86. The summed E-state index contributed by atoms with van der Waals surface area (Å²) in [6, 6.07) is 1.82. The fraction of sp³-hybridized carbons (Fsp3) is 0.308. The Morgan fingerprint density at radius 3 is 2.79 bits per heavy atom. The van der Waals surface area contributed by atoms with Gasteiger partial charge in [0.2, 0.25) is 0 Å². The Bertz CT molecular complexity index is 619. The van der Waals surface area contributed by atoms with E-state index >= 15 is 0 Å². The monoisotopic (exact) mass is 260 g/mol. The molecule has 0 aliphatic heterocycles. The first-order valence-electron chi connectivity index (χ1n) is 5.98. The maximum Gasteiger partial charge on any atom is 0.341 e. The molecular weight excluding hydrogens is 244 g/mol. The van der Waals surface area contributed by atoms with E-state index in [0.29, 0.717) is 29.4 Å². The van der Waals surface area contributed by atoms with Gasteiger partial charge in [0.15, 0.2) is 5.82 Å². The van der Waals surface area contributed by atoms with E-state index < -0.39 is 0 Å². The van der Waals surface area contributed by atoms with Crippen LogP contribution in [0.3, 0.4) is 0 Å². The molecule has 0 amide bonds. The topological polar surface area (TPSA) is 83.0 Å². The summed E-state index contributed by atoms with van der Waals surface area (Å²) in [7, 11) is 0. The van der Waals surface area contributed by atoms with E-state index in [1.807, 2.05) is 13.0 Å². The van der Waals surface area contributed by atoms with Gasteiger partial charge < -0.3 is 10.5 Å². The van der Waals surface area contributed by atoms with E-state index in [4.69, 9.17) is 10.5 Å². The number of hydrogen-bond donors (Lipinski definition) is 1. The first-order chi connectivity index (χ1) is 9.04. The van der Waals surface area contributed by atoms with Crippen molar-refractivity contribution in [3.8, 4) is 5.82 Å². The van der Waals surface area contributed by atoms with Gasteiger partial charge in [0, 0.05) is 0 Å². The number of aryl methyl sites for hydroxylation is 1. The quantitative estimate of drug-likeness (QED) is 0.848. The van der Waals surface area contributed by atoms with Gasteiger partial charge in [-0.2, -0.15) is 5.10 Å². The Labute approximate surface area is 111 Å². The van der Waals surface area contributed by atoms with Gasteiger partial charge in [0.05, 0.1) is 30.4 Å². The molecule has 19 heavy (non-hydrogen) atoms. The molecule has 2 heterocycles. The van der Waals surface area contributed by atoms with E-state index in [1.165, 1.54) is 6.20 Å². The highest BCUT2D eigenvalue weighted by Crippen LogP contribution is 2.16. The molecule has 0 saturated carbocycles. The van der Waals surface area contributed by atoms with Crippen LogP contribution in [-0.4, -0.2) is 27.3 Å². The van der Waals surface area contributed by atoms with Gasteiger partial charge in [0.25, 0.3) is 0 Å². The van der Waals surface area contributed by atoms with Crippen LogP contribution in [-0.2, 0) is 4.74 Å². The van der Waals surface area contributed by atoms with Crippen LogP contribution in [0, 0.1) is 13.8 Å². The number of hydrogen-bond acceptors (Lipinski definition) is 5. The highest BCUT2D eigenvalue weighted by molar-refractivity contribution is 5.90. The Hall–Kier alpha value is -2.37. The standard InChI is InChI=1S/C13H16N4O2/c1-4-19-13(18)10-6-16-17(9(10)3)12-5-8(2)11(14)7-15-12/h5-7H,4,14H2,1-3H3. The maximum absolute atomic E-state index is 11.7. The summed E-state index contributed by atoms with van der Waals surface area (Å²) in [5.74, 6) is 0.248. The van der Waals surface area contributed by atoms with Crippen molar-refractivity contribution >= 4 is 11.7 Å². The number of pyridine rings is 1. The zero-order valence-electron chi connectivity index (χ0n) is 11.2. The van der Waals surface area contributed by atoms with E-state index in [9.17, 15) is 4.79 Å². The molecule has 0 aliphatic carbocycles. The molecule has 0 spiro atoms. The lowest BCUT2D eigenvalue weighted by molar-refractivity contribution is 0.0525. The number of nitrogens with two attached hydrogens (primary N) is 1. The molecule has 0 saturated heterocycles. The second-order valence-electron chi connectivity index (χ2n) is 4.18. The number of carbonyl (C=O) groups is 1. The molecule has 0 aromatic carbocycles. The highest BCUT2D eigenvalue weighted by Gasteiger charge is 2.16. The second kappa shape index (κ2) is 5.09. The average Bonchev–Trinajstić information content (AvgIpc) is 2.75. The minimum absolute atomic E-state index is 0.336. The predicted molar refractivity (Wildman–Crippen MR) is 71.2 cm³/mol. The molecule has 2 rings (SSSR count). The molecular formula is C13H16N4O2. The molecule has 0 unspecified atom stereocenters. The predicted octanol–water partition coefficient (Wildman–Crippen LogP) is 1.64. The third-order valence-corrected chi connectivity index (χ3v) is 2.86. The zero-order valence-corrected chi connectivity index (χ0v) is 11.2. The molecule has 0 bridgehead atoms. The number of esters is 1. The Balaban J connectivity index is 2.41. The van der Waals surface area contributed by atoms with Gasteiger partial charge in [0.1, 0.15) is 5.56 Å². The van der Waals surface area contributed by atoms with Crippen molar-refractivity contribution in [3.63, 3.8) is 0 Å². The molecule has 100 valence electrons. The number of rotatable bonds is 3.